The molecule has 0 bridgehead atoms. The Labute approximate surface area is 191 Å². The van der Waals surface area contributed by atoms with Crippen molar-refractivity contribution < 1.29 is 9.53 Å². The molecule has 1 amide bonds. The molecule has 0 saturated carbocycles. The monoisotopic (exact) mass is 443 g/mol. The van der Waals surface area contributed by atoms with Crippen LogP contribution in [0.5, 0.6) is 11.5 Å². The number of likely N-dealkylation sites (N-methyl/N-ethyl adjacent to an activating group) is 1. The number of nitrogens with one attached hydrogen (secondary N) is 2. The molecule has 9 nitrogen and oxygen atoms in total. The summed E-state index contributed by atoms with van der Waals surface area (Å²) in [5, 5.41) is 11.2. The van der Waals surface area contributed by atoms with E-state index in [0.29, 0.717) is 47.9 Å². The van der Waals surface area contributed by atoms with Crippen LogP contribution in [0.4, 0.5) is 5.82 Å². The highest BCUT2D eigenvalue weighted by atomic mass is 16.5. The van der Waals surface area contributed by atoms with Crippen LogP contribution in [0.2, 0.25) is 0 Å². The van der Waals surface area contributed by atoms with Crippen LogP contribution in [-0.2, 0) is 11.3 Å². The van der Waals surface area contributed by atoms with Crippen LogP contribution in [0.1, 0.15) is 0 Å². The number of carbonyl (C=O) groups excluding carboxylic acids is 1. The Bertz CT molecular complexity index is 1250. The molecule has 0 aliphatic heterocycles. The second-order valence-corrected chi connectivity index (χ2v) is 7.22. The van der Waals surface area contributed by atoms with E-state index >= 15 is 0 Å². The first-order valence-corrected chi connectivity index (χ1v) is 10.5. The SMILES string of the molecule is CNC/C=C/C(=O)NCCn1nc(-c2ccc(Oc3ccccc3)cc2)c2c(N)ncnc21. The maximum atomic E-state index is 11.9. The lowest BCUT2D eigenvalue weighted by molar-refractivity contribution is -0.116. The topological polar surface area (TPSA) is 120 Å². The largest absolute Gasteiger partial charge is 0.457 e. The van der Waals surface area contributed by atoms with Gasteiger partial charge in [0, 0.05) is 24.7 Å². The highest BCUT2D eigenvalue weighted by Gasteiger charge is 2.17. The minimum Gasteiger partial charge on any atom is -0.457 e. The molecule has 4 rings (SSSR count). The summed E-state index contributed by atoms with van der Waals surface area (Å²) in [5.74, 6) is 1.67. The van der Waals surface area contributed by atoms with Crippen LogP contribution in [-0.4, -0.2) is 45.8 Å². The predicted molar refractivity (Wildman–Crippen MR) is 128 cm³/mol. The van der Waals surface area contributed by atoms with Crippen molar-refractivity contribution in [3.8, 4) is 22.8 Å². The molecule has 0 radical (unpaired) electrons. The molecule has 0 fully saturated rings. The van der Waals surface area contributed by atoms with Gasteiger partial charge in [-0.25, -0.2) is 14.6 Å². The van der Waals surface area contributed by atoms with Crippen molar-refractivity contribution in [3.05, 3.63) is 73.1 Å². The zero-order chi connectivity index (χ0) is 23.0. The van der Waals surface area contributed by atoms with E-state index in [1.54, 1.807) is 10.8 Å². The number of para-hydroxylation sites is 1. The van der Waals surface area contributed by atoms with E-state index in [1.165, 1.54) is 12.4 Å². The molecule has 0 aliphatic rings. The number of ether oxygens (including phenoxy) is 1. The Morgan fingerprint density at radius 1 is 1.09 bits per heavy atom. The molecule has 0 unspecified atom stereocenters. The summed E-state index contributed by atoms with van der Waals surface area (Å²) in [4.78, 5) is 20.4. The predicted octanol–water partition coefficient (Wildman–Crippen LogP) is 2.76. The number of nitrogens with two attached hydrogens (primary N) is 1. The zero-order valence-electron chi connectivity index (χ0n) is 18.2. The lowest BCUT2D eigenvalue weighted by Crippen LogP contribution is -2.26. The lowest BCUT2D eigenvalue weighted by Gasteiger charge is -2.06. The Morgan fingerprint density at radius 3 is 2.61 bits per heavy atom. The molecule has 0 spiro atoms. The Hall–Kier alpha value is -4.24. The molecule has 2 aromatic heterocycles. The average Bonchev–Trinajstić information content (AvgIpc) is 3.20. The fourth-order valence-corrected chi connectivity index (χ4v) is 3.32. The van der Waals surface area contributed by atoms with Gasteiger partial charge in [0.05, 0.1) is 11.9 Å². The molecular formula is C24H25N7O2. The van der Waals surface area contributed by atoms with E-state index in [0.717, 1.165) is 11.3 Å². The first kappa shape index (κ1) is 22.0. The second-order valence-electron chi connectivity index (χ2n) is 7.22. The van der Waals surface area contributed by atoms with Crippen molar-refractivity contribution in [2.45, 2.75) is 6.54 Å². The third kappa shape index (κ3) is 5.34. The first-order valence-electron chi connectivity index (χ1n) is 10.5. The van der Waals surface area contributed by atoms with E-state index in [-0.39, 0.29) is 5.91 Å². The number of benzene rings is 2. The summed E-state index contributed by atoms with van der Waals surface area (Å²) >= 11 is 0. The van der Waals surface area contributed by atoms with Crippen LogP contribution in [0.3, 0.4) is 0 Å². The number of anilines is 1. The zero-order valence-corrected chi connectivity index (χ0v) is 18.2. The smallest absolute Gasteiger partial charge is 0.243 e. The lowest BCUT2D eigenvalue weighted by atomic mass is 10.1. The number of aromatic nitrogens is 4. The van der Waals surface area contributed by atoms with Crippen molar-refractivity contribution in [1.29, 1.82) is 0 Å². The molecule has 33 heavy (non-hydrogen) atoms. The number of hydrogen-bond acceptors (Lipinski definition) is 7. The number of nitrogen functional groups attached to an aromatic ring is 1. The number of nitrogens with zero attached hydrogens (tertiary/aromatic N) is 4. The minimum absolute atomic E-state index is 0.162. The fraction of sp³-hybridized carbons (Fsp3) is 0.167. The van der Waals surface area contributed by atoms with Gasteiger partial charge in [-0.05, 0) is 43.4 Å². The van der Waals surface area contributed by atoms with Gasteiger partial charge >= 0.3 is 0 Å². The molecule has 168 valence electrons. The summed E-state index contributed by atoms with van der Waals surface area (Å²) in [6.45, 7) is 1.46. The van der Waals surface area contributed by atoms with E-state index < -0.39 is 0 Å². The summed E-state index contributed by atoms with van der Waals surface area (Å²) in [6.07, 6.45) is 4.67. The van der Waals surface area contributed by atoms with Crippen molar-refractivity contribution >= 4 is 22.8 Å². The van der Waals surface area contributed by atoms with Gasteiger partial charge in [0.1, 0.15) is 29.3 Å². The normalized spacial score (nSPS) is 11.2. The van der Waals surface area contributed by atoms with E-state index in [4.69, 9.17) is 15.6 Å². The van der Waals surface area contributed by atoms with E-state index in [2.05, 4.69) is 20.6 Å². The van der Waals surface area contributed by atoms with Gasteiger partial charge < -0.3 is 21.1 Å². The Morgan fingerprint density at radius 2 is 1.85 bits per heavy atom. The fourth-order valence-electron chi connectivity index (χ4n) is 3.32. The molecule has 4 N–H and O–H groups in total. The maximum Gasteiger partial charge on any atom is 0.243 e. The van der Waals surface area contributed by atoms with Crippen LogP contribution in [0.25, 0.3) is 22.3 Å². The van der Waals surface area contributed by atoms with Crippen molar-refractivity contribution in [2.75, 3.05) is 25.9 Å². The summed E-state index contributed by atoms with van der Waals surface area (Å²) in [7, 11) is 1.82. The van der Waals surface area contributed by atoms with Crippen LogP contribution in [0, 0.1) is 0 Å². The molecule has 0 saturated heterocycles. The van der Waals surface area contributed by atoms with Gasteiger partial charge in [-0.3, -0.25) is 4.79 Å². The number of rotatable bonds is 9. The van der Waals surface area contributed by atoms with Crippen LogP contribution in [0.15, 0.2) is 73.1 Å². The van der Waals surface area contributed by atoms with Crippen molar-refractivity contribution in [2.24, 2.45) is 0 Å². The van der Waals surface area contributed by atoms with Gasteiger partial charge in [0.2, 0.25) is 5.91 Å². The second kappa shape index (κ2) is 10.4. The van der Waals surface area contributed by atoms with Crippen molar-refractivity contribution in [3.63, 3.8) is 0 Å². The van der Waals surface area contributed by atoms with Crippen LogP contribution >= 0.6 is 0 Å². The van der Waals surface area contributed by atoms with Gasteiger partial charge in [-0.1, -0.05) is 24.3 Å². The van der Waals surface area contributed by atoms with Gasteiger partial charge in [0.15, 0.2) is 5.65 Å². The van der Waals surface area contributed by atoms with Crippen molar-refractivity contribution in [1.82, 2.24) is 30.4 Å². The highest BCUT2D eigenvalue weighted by Crippen LogP contribution is 2.31. The molecule has 9 heteroatoms. The van der Waals surface area contributed by atoms with Gasteiger partial charge in [-0.2, -0.15) is 5.10 Å². The Balaban J connectivity index is 1.54. The van der Waals surface area contributed by atoms with E-state index in [9.17, 15) is 4.79 Å². The van der Waals surface area contributed by atoms with E-state index in [1.807, 2.05) is 61.6 Å². The Kier molecular flexibility index (Phi) is 6.91. The standard InChI is InChI=1S/C24H25N7O2/c1-26-13-5-8-20(32)27-14-15-31-24-21(23(25)28-16-29-24)22(30-31)17-9-11-19(12-10-17)33-18-6-3-2-4-7-18/h2-12,16,26H,13-15H2,1H3,(H,27,32)(H2,25,28,29)/b8-5+. The quantitative estimate of drug-likeness (QED) is 0.340. The number of fused-ring (bicyclic) bond motifs is 1. The molecule has 0 atom stereocenters. The first-order chi connectivity index (χ1) is 16.2. The number of amides is 1. The van der Waals surface area contributed by atoms with Crippen LogP contribution < -0.4 is 21.1 Å². The third-order valence-corrected chi connectivity index (χ3v) is 4.88. The summed E-state index contributed by atoms with van der Waals surface area (Å²) in [6, 6.07) is 17.2. The molecule has 4 aromatic rings. The minimum atomic E-state index is -0.162. The number of carbonyl (C=O) groups is 1. The van der Waals surface area contributed by atoms with Gasteiger partial charge in [0.25, 0.3) is 0 Å². The highest BCUT2D eigenvalue weighted by molar-refractivity contribution is 5.98. The molecule has 2 heterocycles. The maximum absolute atomic E-state index is 11.9. The molecule has 2 aromatic carbocycles. The van der Waals surface area contributed by atoms with Gasteiger partial charge in [-0.15, -0.1) is 0 Å². The third-order valence-electron chi connectivity index (χ3n) is 4.88. The molecule has 0 aliphatic carbocycles. The average molecular weight is 444 g/mol. The number of hydrogen-bond donors (Lipinski definition) is 3. The summed E-state index contributed by atoms with van der Waals surface area (Å²) < 4.78 is 7.60. The summed E-state index contributed by atoms with van der Waals surface area (Å²) in [5.41, 5.74) is 8.32. The molecular weight excluding hydrogens is 418 g/mol.